The second-order valence-corrected chi connectivity index (χ2v) is 6.78. The Balaban J connectivity index is 1.85. The number of pyridine rings is 1. The molecule has 4 rings (SSSR count). The van der Waals surface area contributed by atoms with Crippen LogP contribution in [0.25, 0.3) is 17.2 Å². The number of aromatic nitrogens is 5. The molecule has 1 aliphatic heterocycles. The monoisotopic (exact) mass is 336 g/mol. The van der Waals surface area contributed by atoms with Crippen molar-refractivity contribution in [3.63, 3.8) is 0 Å². The highest BCUT2D eigenvalue weighted by molar-refractivity contribution is 5.58. The number of fused-ring (bicyclic) bond motifs is 1. The third-order valence-corrected chi connectivity index (χ3v) is 4.87. The van der Waals surface area contributed by atoms with Crippen molar-refractivity contribution in [2.45, 2.75) is 52.0 Å². The molecule has 6 nitrogen and oxygen atoms in total. The van der Waals surface area contributed by atoms with Crippen LogP contribution in [0.15, 0.2) is 30.6 Å². The second-order valence-electron chi connectivity index (χ2n) is 6.78. The molecule has 3 aromatic rings. The van der Waals surface area contributed by atoms with Crippen LogP contribution in [0.1, 0.15) is 45.2 Å². The predicted octanol–water partition coefficient (Wildman–Crippen LogP) is 3.52. The molecule has 4 heterocycles. The Morgan fingerprint density at radius 3 is 2.92 bits per heavy atom. The van der Waals surface area contributed by atoms with E-state index in [9.17, 15) is 0 Å². The Bertz CT molecular complexity index is 857. The van der Waals surface area contributed by atoms with Gasteiger partial charge < -0.3 is 4.90 Å². The van der Waals surface area contributed by atoms with Crippen LogP contribution in [0.3, 0.4) is 0 Å². The van der Waals surface area contributed by atoms with E-state index in [1.165, 1.54) is 19.3 Å². The first-order valence-corrected chi connectivity index (χ1v) is 9.20. The van der Waals surface area contributed by atoms with Gasteiger partial charge in [-0.15, -0.1) is 5.10 Å². The van der Waals surface area contributed by atoms with Crippen LogP contribution >= 0.6 is 0 Å². The van der Waals surface area contributed by atoms with E-state index in [4.69, 9.17) is 10.1 Å². The summed E-state index contributed by atoms with van der Waals surface area (Å²) in [5.41, 5.74) is 2.01. The number of piperidine rings is 1. The number of nitrogens with zero attached hydrogens (tertiary/aromatic N) is 6. The van der Waals surface area contributed by atoms with Crippen LogP contribution in [0.4, 0.5) is 5.82 Å². The lowest BCUT2D eigenvalue weighted by Crippen LogP contribution is -2.38. The molecule has 6 heteroatoms. The molecule has 0 amide bonds. The third kappa shape index (κ3) is 3.08. The minimum atomic E-state index is 0.514. The summed E-state index contributed by atoms with van der Waals surface area (Å²) < 4.78 is 1.91. The summed E-state index contributed by atoms with van der Waals surface area (Å²) in [5.74, 6) is 2.47. The van der Waals surface area contributed by atoms with Gasteiger partial charge in [0, 0.05) is 42.3 Å². The molecule has 0 aromatic carbocycles. The van der Waals surface area contributed by atoms with Gasteiger partial charge in [0.05, 0.1) is 0 Å². The highest BCUT2D eigenvalue weighted by atomic mass is 15.4. The van der Waals surface area contributed by atoms with E-state index in [0.717, 1.165) is 36.5 Å². The Kier molecular flexibility index (Phi) is 4.34. The number of rotatable bonds is 4. The fourth-order valence-corrected chi connectivity index (χ4v) is 3.55. The van der Waals surface area contributed by atoms with Crippen LogP contribution < -0.4 is 4.90 Å². The fourth-order valence-electron chi connectivity index (χ4n) is 3.55. The Hall–Kier alpha value is -2.50. The van der Waals surface area contributed by atoms with Crippen molar-refractivity contribution in [2.24, 2.45) is 0 Å². The van der Waals surface area contributed by atoms with Crippen molar-refractivity contribution in [1.29, 1.82) is 0 Å². The largest absolute Gasteiger partial charge is 0.354 e. The maximum atomic E-state index is 4.76. The number of hydrogen-bond acceptors (Lipinski definition) is 5. The molecular formula is C19H24N6. The summed E-state index contributed by atoms with van der Waals surface area (Å²) in [7, 11) is 0. The van der Waals surface area contributed by atoms with E-state index in [1.54, 1.807) is 12.4 Å². The molecule has 3 aromatic heterocycles. The van der Waals surface area contributed by atoms with Gasteiger partial charge in [0.15, 0.2) is 5.82 Å². The van der Waals surface area contributed by atoms with Gasteiger partial charge in [-0.25, -0.2) is 4.98 Å². The molecule has 1 atom stereocenters. The Morgan fingerprint density at radius 1 is 1.24 bits per heavy atom. The van der Waals surface area contributed by atoms with E-state index >= 15 is 0 Å². The zero-order valence-corrected chi connectivity index (χ0v) is 14.9. The second kappa shape index (κ2) is 6.78. The van der Waals surface area contributed by atoms with Gasteiger partial charge in [0.25, 0.3) is 5.78 Å². The molecule has 1 saturated heterocycles. The maximum Gasteiger partial charge on any atom is 0.254 e. The van der Waals surface area contributed by atoms with Gasteiger partial charge in [-0.1, -0.05) is 13.3 Å². The number of anilines is 1. The van der Waals surface area contributed by atoms with E-state index in [2.05, 4.69) is 34.8 Å². The lowest BCUT2D eigenvalue weighted by atomic mass is 10.0. The molecule has 0 radical (unpaired) electrons. The average Bonchev–Trinajstić information content (AvgIpc) is 3.07. The molecule has 0 aliphatic carbocycles. The van der Waals surface area contributed by atoms with Crippen molar-refractivity contribution in [2.75, 3.05) is 11.4 Å². The Labute approximate surface area is 147 Å². The van der Waals surface area contributed by atoms with Crippen molar-refractivity contribution in [3.05, 3.63) is 36.3 Å². The highest BCUT2D eigenvalue weighted by Gasteiger charge is 2.23. The van der Waals surface area contributed by atoms with Gasteiger partial charge in [-0.05, 0) is 44.7 Å². The van der Waals surface area contributed by atoms with E-state index in [0.29, 0.717) is 17.6 Å². The highest BCUT2D eigenvalue weighted by Crippen LogP contribution is 2.27. The zero-order valence-electron chi connectivity index (χ0n) is 14.9. The van der Waals surface area contributed by atoms with Crippen LogP contribution in [0.2, 0.25) is 0 Å². The third-order valence-electron chi connectivity index (χ3n) is 4.87. The summed E-state index contributed by atoms with van der Waals surface area (Å²) in [4.78, 5) is 16.1. The van der Waals surface area contributed by atoms with Crippen LogP contribution in [-0.4, -0.2) is 37.2 Å². The molecule has 0 spiro atoms. The quantitative estimate of drug-likeness (QED) is 0.729. The predicted molar refractivity (Wildman–Crippen MR) is 98.7 cm³/mol. The summed E-state index contributed by atoms with van der Waals surface area (Å²) in [5, 5.41) is 4.76. The smallest absolute Gasteiger partial charge is 0.254 e. The van der Waals surface area contributed by atoms with Gasteiger partial charge in [-0.2, -0.15) is 9.50 Å². The fraction of sp³-hybridized carbons (Fsp3) is 0.474. The van der Waals surface area contributed by atoms with E-state index in [-0.39, 0.29) is 0 Å². The summed E-state index contributed by atoms with van der Waals surface area (Å²) in [6, 6.07) is 6.60. The van der Waals surface area contributed by atoms with Crippen molar-refractivity contribution < 1.29 is 0 Å². The molecule has 0 unspecified atom stereocenters. The molecule has 0 saturated carbocycles. The molecule has 130 valence electrons. The topological polar surface area (TPSA) is 59.2 Å². The molecule has 0 bridgehead atoms. The van der Waals surface area contributed by atoms with Gasteiger partial charge in [0.2, 0.25) is 0 Å². The maximum absolute atomic E-state index is 4.76. The first-order valence-electron chi connectivity index (χ1n) is 9.20. The van der Waals surface area contributed by atoms with Gasteiger partial charge >= 0.3 is 0 Å². The molecule has 0 N–H and O–H groups in total. The minimum absolute atomic E-state index is 0.514. The molecule has 1 fully saturated rings. The van der Waals surface area contributed by atoms with Crippen molar-refractivity contribution in [1.82, 2.24) is 24.6 Å². The van der Waals surface area contributed by atoms with Gasteiger partial charge in [0.1, 0.15) is 5.82 Å². The first-order chi connectivity index (χ1) is 12.3. The standard InChI is InChI=1S/C19H24N6/c1-3-7-16-12-17(24-11-5-4-8-14(24)2)25-19(21-16)22-18(23-25)15-9-6-10-20-13-15/h6,9-10,12-14H,3-5,7-8,11H2,1-2H3/t14-/m1/s1. The SMILES string of the molecule is CCCc1cc(N2CCCC[C@H]2C)n2nc(-c3cccnc3)nc2n1. The molecular weight excluding hydrogens is 312 g/mol. The minimum Gasteiger partial charge on any atom is -0.354 e. The summed E-state index contributed by atoms with van der Waals surface area (Å²) in [6.45, 7) is 5.54. The van der Waals surface area contributed by atoms with Gasteiger partial charge in [-0.3, -0.25) is 4.98 Å². The summed E-state index contributed by atoms with van der Waals surface area (Å²) in [6.07, 6.45) is 9.33. The van der Waals surface area contributed by atoms with Crippen molar-refractivity contribution >= 4 is 11.6 Å². The zero-order chi connectivity index (χ0) is 17.2. The van der Waals surface area contributed by atoms with E-state index in [1.807, 2.05) is 16.6 Å². The van der Waals surface area contributed by atoms with Crippen LogP contribution in [0, 0.1) is 0 Å². The van der Waals surface area contributed by atoms with Crippen LogP contribution in [-0.2, 0) is 6.42 Å². The Morgan fingerprint density at radius 2 is 2.16 bits per heavy atom. The average molecular weight is 336 g/mol. The van der Waals surface area contributed by atoms with E-state index < -0.39 is 0 Å². The first kappa shape index (κ1) is 16.0. The molecule has 25 heavy (non-hydrogen) atoms. The lowest BCUT2D eigenvalue weighted by Gasteiger charge is -2.35. The van der Waals surface area contributed by atoms with Crippen molar-refractivity contribution in [3.8, 4) is 11.4 Å². The molecule has 1 aliphatic rings. The normalized spacial score (nSPS) is 18.0. The van der Waals surface area contributed by atoms with Crippen LogP contribution in [0.5, 0.6) is 0 Å². The lowest BCUT2D eigenvalue weighted by molar-refractivity contribution is 0.477. The summed E-state index contributed by atoms with van der Waals surface area (Å²) >= 11 is 0. The number of hydrogen-bond donors (Lipinski definition) is 0. The number of aryl methyl sites for hydroxylation is 1.